The highest BCUT2D eigenvalue weighted by atomic mass is 19.4. The Balaban J connectivity index is 1.50. The highest BCUT2D eigenvalue weighted by Gasteiger charge is 2.31. The number of halogens is 3. The van der Waals surface area contributed by atoms with Crippen molar-refractivity contribution in [3.8, 4) is 17.2 Å². The Labute approximate surface area is 179 Å². The molecule has 7 nitrogen and oxygen atoms in total. The van der Waals surface area contributed by atoms with Crippen LogP contribution in [0.5, 0.6) is 17.2 Å². The third-order valence-electron chi connectivity index (χ3n) is 4.32. The van der Waals surface area contributed by atoms with Crippen molar-refractivity contribution in [2.75, 3.05) is 5.32 Å². The fourth-order valence-corrected chi connectivity index (χ4v) is 2.99. The number of carbonyl (C=O) groups is 2. The third kappa shape index (κ3) is 5.09. The summed E-state index contributed by atoms with van der Waals surface area (Å²) in [6.07, 6.45) is -2.04. The Bertz CT molecular complexity index is 1230. The van der Waals surface area contributed by atoms with Gasteiger partial charge in [-0.2, -0.15) is 0 Å². The zero-order valence-electron chi connectivity index (χ0n) is 16.2. The van der Waals surface area contributed by atoms with E-state index in [1.807, 2.05) is 0 Å². The number of ether oxygens (including phenoxy) is 2. The maximum Gasteiger partial charge on any atom is 0.573 e. The molecule has 32 heavy (non-hydrogen) atoms. The Morgan fingerprint density at radius 3 is 2.62 bits per heavy atom. The molecule has 3 aromatic rings. The van der Waals surface area contributed by atoms with E-state index in [1.165, 1.54) is 30.6 Å². The van der Waals surface area contributed by atoms with Gasteiger partial charge in [-0.05, 0) is 36.4 Å². The molecule has 2 aromatic carbocycles. The molecule has 10 heteroatoms. The van der Waals surface area contributed by atoms with E-state index in [0.29, 0.717) is 28.6 Å². The molecule has 1 N–H and O–H groups in total. The summed E-state index contributed by atoms with van der Waals surface area (Å²) in [5.41, 5.74) is 0.889. The molecule has 1 aromatic heterocycles. The second-order valence-electron chi connectivity index (χ2n) is 6.67. The molecule has 0 fully saturated rings. The van der Waals surface area contributed by atoms with Crippen LogP contribution >= 0.6 is 0 Å². The predicted octanol–water partition coefficient (Wildman–Crippen LogP) is 4.85. The fraction of sp³-hybridized carbons (Fsp3) is 0.0909. The van der Waals surface area contributed by atoms with Gasteiger partial charge < -0.3 is 14.8 Å². The number of benzene rings is 2. The van der Waals surface area contributed by atoms with Crippen LogP contribution in [-0.2, 0) is 11.2 Å². The fourth-order valence-electron chi connectivity index (χ4n) is 2.99. The van der Waals surface area contributed by atoms with E-state index in [0.717, 1.165) is 12.1 Å². The van der Waals surface area contributed by atoms with Crippen molar-refractivity contribution in [1.82, 2.24) is 4.98 Å². The topological polar surface area (TPSA) is 89.9 Å². The SMILES string of the molecule is O=C1C=Nc2nccc(Oc3cccc(NC(=O)c4cccc(OC(F)(F)F)c4)c3)c2C1. The number of anilines is 1. The zero-order chi connectivity index (χ0) is 22.7. The zero-order valence-corrected chi connectivity index (χ0v) is 16.2. The number of aliphatic imine (C=N–C) groups is 1. The number of fused-ring (bicyclic) bond motifs is 1. The van der Waals surface area contributed by atoms with Crippen LogP contribution in [0.1, 0.15) is 15.9 Å². The molecular formula is C22H14F3N3O4. The number of nitrogens with one attached hydrogen (secondary N) is 1. The van der Waals surface area contributed by atoms with E-state index < -0.39 is 18.0 Å². The van der Waals surface area contributed by atoms with Crippen molar-refractivity contribution >= 4 is 29.4 Å². The normalized spacial score (nSPS) is 12.8. The second-order valence-corrected chi connectivity index (χ2v) is 6.67. The summed E-state index contributed by atoms with van der Waals surface area (Å²) in [6, 6.07) is 12.7. The Kier molecular flexibility index (Phi) is 5.59. The standard InChI is InChI=1S/C22H14F3N3O4/c23-22(24,25)32-17-6-1-3-13(9-17)21(30)28-14-4-2-5-16(10-14)31-19-7-8-26-20-18(19)11-15(29)12-27-20/h1-10,12H,11H2,(H,28,30). The molecule has 2 heterocycles. The maximum absolute atomic E-state index is 12.5. The number of carbonyl (C=O) groups excluding carboxylic acids is 2. The van der Waals surface area contributed by atoms with Gasteiger partial charge in [0.25, 0.3) is 5.91 Å². The summed E-state index contributed by atoms with van der Waals surface area (Å²) >= 11 is 0. The van der Waals surface area contributed by atoms with E-state index in [1.54, 1.807) is 24.3 Å². The van der Waals surface area contributed by atoms with Gasteiger partial charge in [0.1, 0.15) is 17.2 Å². The Morgan fingerprint density at radius 2 is 1.81 bits per heavy atom. The van der Waals surface area contributed by atoms with Gasteiger partial charge in [-0.15, -0.1) is 13.2 Å². The lowest BCUT2D eigenvalue weighted by Gasteiger charge is -2.14. The van der Waals surface area contributed by atoms with E-state index in [2.05, 4.69) is 20.0 Å². The van der Waals surface area contributed by atoms with Crippen molar-refractivity contribution in [2.24, 2.45) is 4.99 Å². The predicted molar refractivity (Wildman–Crippen MR) is 109 cm³/mol. The lowest BCUT2D eigenvalue weighted by molar-refractivity contribution is -0.274. The highest BCUT2D eigenvalue weighted by Crippen LogP contribution is 2.33. The molecule has 1 amide bonds. The largest absolute Gasteiger partial charge is 0.573 e. The van der Waals surface area contributed by atoms with Gasteiger partial charge in [-0.3, -0.25) is 9.59 Å². The first-order valence-electron chi connectivity index (χ1n) is 9.27. The molecule has 162 valence electrons. The third-order valence-corrected chi connectivity index (χ3v) is 4.32. The molecule has 0 saturated carbocycles. The minimum atomic E-state index is -4.86. The number of aromatic nitrogens is 1. The van der Waals surface area contributed by atoms with Gasteiger partial charge in [0.15, 0.2) is 11.6 Å². The van der Waals surface area contributed by atoms with E-state index in [-0.39, 0.29) is 17.8 Å². The van der Waals surface area contributed by atoms with Crippen LogP contribution < -0.4 is 14.8 Å². The van der Waals surface area contributed by atoms with Crippen molar-refractivity contribution < 1.29 is 32.2 Å². The molecule has 1 aliphatic heterocycles. The molecule has 4 rings (SSSR count). The van der Waals surface area contributed by atoms with Crippen LogP contribution in [0.2, 0.25) is 0 Å². The molecule has 0 aliphatic carbocycles. The van der Waals surface area contributed by atoms with Crippen LogP contribution in [0.4, 0.5) is 24.7 Å². The summed E-state index contributed by atoms with van der Waals surface area (Å²) in [5.74, 6) is -0.133. The van der Waals surface area contributed by atoms with Crippen LogP contribution in [0.3, 0.4) is 0 Å². The first-order chi connectivity index (χ1) is 15.3. The number of ketones is 1. The number of alkyl halides is 3. The van der Waals surface area contributed by atoms with Gasteiger partial charge in [0.2, 0.25) is 0 Å². The van der Waals surface area contributed by atoms with Crippen molar-refractivity contribution in [2.45, 2.75) is 12.8 Å². The van der Waals surface area contributed by atoms with Crippen LogP contribution in [0.25, 0.3) is 0 Å². The monoisotopic (exact) mass is 441 g/mol. The van der Waals surface area contributed by atoms with Gasteiger partial charge >= 0.3 is 6.36 Å². The van der Waals surface area contributed by atoms with E-state index in [9.17, 15) is 22.8 Å². The van der Waals surface area contributed by atoms with E-state index in [4.69, 9.17) is 4.74 Å². The Morgan fingerprint density at radius 1 is 1.03 bits per heavy atom. The minimum absolute atomic E-state index is 0.0161. The first kappa shape index (κ1) is 21.0. The molecular weight excluding hydrogens is 427 g/mol. The molecule has 0 radical (unpaired) electrons. The second kappa shape index (κ2) is 8.50. The van der Waals surface area contributed by atoms with Crippen LogP contribution in [-0.4, -0.2) is 29.3 Å². The van der Waals surface area contributed by atoms with Gasteiger partial charge in [-0.25, -0.2) is 9.98 Å². The van der Waals surface area contributed by atoms with Gasteiger partial charge in [0.05, 0.1) is 6.21 Å². The van der Waals surface area contributed by atoms with Crippen molar-refractivity contribution in [3.05, 3.63) is 71.9 Å². The molecule has 0 saturated heterocycles. The van der Waals surface area contributed by atoms with Gasteiger partial charge in [-0.1, -0.05) is 12.1 Å². The molecule has 1 aliphatic rings. The summed E-state index contributed by atoms with van der Waals surface area (Å²) in [7, 11) is 0. The number of hydrogen-bond acceptors (Lipinski definition) is 6. The van der Waals surface area contributed by atoms with Crippen molar-refractivity contribution in [3.63, 3.8) is 0 Å². The van der Waals surface area contributed by atoms with Gasteiger partial charge in [0, 0.05) is 35.5 Å². The number of Topliss-reactive ketones (excluding diaryl/α,β-unsaturated/α-hetero) is 1. The first-order valence-corrected chi connectivity index (χ1v) is 9.27. The molecule has 0 spiro atoms. The molecule has 0 unspecified atom stereocenters. The number of amides is 1. The summed E-state index contributed by atoms with van der Waals surface area (Å²) < 4.78 is 46.9. The number of hydrogen-bond donors (Lipinski definition) is 1. The summed E-state index contributed by atoms with van der Waals surface area (Å²) in [6.45, 7) is 0. The number of nitrogens with zero attached hydrogens (tertiary/aromatic N) is 2. The Hall–Kier alpha value is -4.21. The number of pyridine rings is 1. The van der Waals surface area contributed by atoms with Crippen molar-refractivity contribution in [1.29, 1.82) is 0 Å². The molecule has 0 bridgehead atoms. The summed E-state index contributed by atoms with van der Waals surface area (Å²) in [5, 5.41) is 2.60. The average Bonchev–Trinajstić information content (AvgIpc) is 2.73. The van der Waals surface area contributed by atoms with E-state index >= 15 is 0 Å². The smallest absolute Gasteiger partial charge is 0.457 e. The molecule has 0 atom stereocenters. The number of rotatable bonds is 5. The summed E-state index contributed by atoms with van der Waals surface area (Å²) in [4.78, 5) is 32.3. The maximum atomic E-state index is 12.5. The lowest BCUT2D eigenvalue weighted by Crippen LogP contribution is -2.18. The average molecular weight is 441 g/mol. The highest BCUT2D eigenvalue weighted by molar-refractivity contribution is 6.29. The lowest BCUT2D eigenvalue weighted by atomic mass is 10.1. The van der Waals surface area contributed by atoms with Crippen LogP contribution in [0, 0.1) is 0 Å². The minimum Gasteiger partial charge on any atom is -0.457 e. The quantitative estimate of drug-likeness (QED) is 0.611. The van der Waals surface area contributed by atoms with Crippen LogP contribution in [0.15, 0.2) is 65.8 Å².